The summed E-state index contributed by atoms with van der Waals surface area (Å²) in [5.41, 5.74) is 0.521. The van der Waals surface area contributed by atoms with Crippen molar-refractivity contribution in [2.24, 2.45) is 5.10 Å². The first-order valence-corrected chi connectivity index (χ1v) is 9.63. The van der Waals surface area contributed by atoms with Crippen LogP contribution in [0.3, 0.4) is 0 Å². The van der Waals surface area contributed by atoms with Gasteiger partial charge in [-0.2, -0.15) is 5.10 Å². The van der Waals surface area contributed by atoms with Crippen LogP contribution < -0.4 is 16.0 Å². The van der Waals surface area contributed by atoms with E-state index in [1.165, 1.54) is 12.5 Å². The highest BCUT2D eigenvalue weighted by molar-refractivity contribution is 5.99. The first-order chi connectivity index (χ1) is 15.0. The van der Waals surface area contributed by atoms with Crippen LogP contribution in [-0.4, -0.2) is 65.7 Å². The summed E-state index contributed by atoms with van der Waals surface area (Å²) < 4.78 is 5.13. The van der Waals surface area contributed by atoms with Crippen molar-refractivity contribution in [3.05, 3.63) is 60.1 Å². The van der Waals surface area contributed by atoms with E-state index in [-0.39, 0.29) is 19.0 Å². The summed E-state index contributed by atoms with van der Waals surface area (Å²) in [7, 11) is 0. The molecule has 11 heteroatoms. The molecule has 2 atom stereocenters. The van der Waals surface area contributed by atoms with E-state index >= 15 is 0 Å². The van der Waals surface area contributed by atoms with Gasteiger partial charge in [-0.15, -0.1) is 0 Å². The molecule has 0 saturated carbocycles. The van der Waals surface area contributed by atoms with E-state index in [4.69, 9.17) is 4.42 Å². The van der Waals surface area contributed by atoms with Crippen LogP contribution in [0.4, 0.5) is 9.59 Å². The molecule has 0 aliphatic carbocycles. The van der Waals surface area contributed by atoms with Crippen LogP contribution in [0.15, 0.2) is 58.2 Å². The molecule has 2 aliphatic rings. The number of nitrogens with one attached hydrogen (secondary N) is 3. The number of rotatable bonds is 6. The maximum Gasteiger partial charge on any atom is 0.348 e. The van der Waals surface area contributed by atoms with Gasteiger partial charge >= 0.3 is 12.1 Å². The van der Waals surface area contributed by atoms with Gasteiger partial charge in [0.1, 0.15) is 17.8 Å². The summed E-state index contributed by atoms with van der Waals surface area (Å²) in [5.74, 6) is -0.360. The lowest BCUT2D eigenvalue weighted by Gasteiger charge is -2.29. The van der Waals surface area contributed by atoms with Crippen molar-refractivity contribution in [3.63, 3.8) is 0 Å². The van der Waals surface area contributed by atoms with Crippen molar-refractivity contribution in [1.82, 2.24) is 25.9 Å². The Bertz CT molecular complexity index is 1010. The minimum atomic E-state index is -1.07. The number of nitrogens with zero attached hydrogens (tertiary/aromatic N) is 3. The molecular weight excluding hydrogens is 404 g/mol. The fourth-order valence-corrected chi connectivity index (χ4v) is 3.12. The summed E-state index contributed by atoms with van der Waals surface area (Å²) in [4.78, 5) is 50.6. The lowest BCUT2D eigenvalue weighted by molar-refractivity contribution is -0.134. The van der Waals surface area contributed by atoms with Crippen molar-refractivity contribution in [2.75, 3.05) is 19.6 Å². The molecule has 11 nitrogen and oxygen atoms in total. The normalized spacial score (nSPS) is 19.2. The summed E-state index contributed by atoms with van der Waals surface area (Å²) >= 11 is 0. The number of urea groups is 2. The largest absolute Gasteiger partial charge is 0.463 e. The molecule has 3 N–H and O–H groups in total. The number of furan rings is 1. The molecule has 0 spiro atoms. The average molecular weight is 424 g/mol. The third kappa shape index (κ3) is 4.39. The molecule has 0 bridgehead atoms. The monoisotopic (exact) mass is 424 g/mol. The van der Waals surface area contributed by atoms with E-state index in [2.05, 4.69) is 21.1 Å². The number of imide groups is 1. The zero-order chi connectivity index (χ0) is 21.8. The first kappa shape index (κ1) is 20.1. The molecule has 1 aromatic carbocycles. The smallest absolute Gasteiger partial charge is 0.348 e. The summed E-state index contributed by atoms with van der Waals surface area (Å²) in [6, 6.07) is 8.88. The maximum atomic E-state index is 12.8. The molecule has 2 unspecified atom stereocenters. The Morgan fingerprint density at radius 3 is 2.61 bits per heavy atom. The van der Waals surface area contributed by atoms with Crippen LogP contribution in [0.5, 0.6) is 0 Å². The summed E-state index contributed by atoms with van der Waals surface area (Å²) in [6.07, 6.45) is 2.86. The molecule has 2 aromatic rings. The third-order valence-electron chi connectivity index (χ3n) is 4.88. The molecule has 0 radical (unpaired) electrons. The SMILES string of the molecule is O=C1NCC1NC(=O)C(NC(=O)N1CCN(N=Cc2ccco2)C1=O)c1ccccc1. The lowest BCUT2D eigenvalue weighted by atomic mass is 10.0. The molecule has 2 fully saturated rings. The Balaban J connectivity index is 1.44. The summed E-state index contributed by atoms with van der Waals surface area (Å²) in [6.45, 7) is 0.634. The molecule has 2 aliphatic heterocycles. The van der Waals surface area contributed by atoms with Gasteiger partial charge in [0.25, 0.3) is 0 Å². The summed E-state index contributed by atoms with van der Waals surface area (Å²) in [5, 5.41) is 12.9. The van der Waals surface area contributed by atoms with Crippen LogP contribution in [0, 0.1) is 0 Å². The molecule has 2 saturated heterocycles. The molecule has 4 rings (SSSR count). The number of hydrogen-bond acceptors (Lipinski definition) is 6. The van der Waals surface area contributed by atoms with E-state index in [1.807, 2.05) is 0 Å². The van der Waals surface area contributed by atoms with Crippen LogP contribution in [0.2, 0.25) is 0 Å². The van der Waals surface area contributed by atoms with Gasteiger partial charge in [-0.1, -0.05) is 30.3 Å². The average Bonchev–Trinajstić information content (AvgIpc) is 3.43. The highest BCUT2D eigenvalue weighted by Gasteiger charge is 2.37. The highest BCUT2D eigenvalue weighted by Crippen LogP contribution is 2.16. The van der Waals surface area contributed by atoms with Gasteiger partial charge in [-0.05, 0) is 17.7 Å². The molecule has 6 amide bonds. The lowest BCUT2D eigenvalue weighted by Crippen LogP contribution is -2.63. The number of hydrazone groups is 1. The molecule has 1 aromatic heterocycles. The highest BCUT2D eigenvalue weighted by atomic mass is 16.3. The molecular formula is C20H20N6O5. The van der Waals surface area contributed by atoms with E-state index < -0.39 is 30.1 Å². The van der Waals surface area contributed by atoms with Crippen LogP contribution >= 0.6 is 0 Å². The van der Waals surface area contributed by atoms with E-state index in [0.717, 1.165) is 9.91 Å². The van der Waals surface area contributed by atoms with Gasteiger partial charge in [0, 0.05) is 6.54 Å². The number of amides is 6. The Hall–Kier alpha value is -4.15. The zero-order valence-corrected chi connectivity index (χ0v) is 16.4. The van der Waals surface area contributed by atoms with Crippen molar-refractivity contribution in [3.8, 4) is 0 Å². The van der Waals surface area contributed by atoms with Gasteiger partial charge < -0.3 is 20.4 Å². The predicted octanol–water partition coefficient (Wildman–Crippen LogP) is 0.417. The Kier molecular flexibility index (Phi) is 5.65. The zero-order valence-electron chi connectivity index (χ0n) is 16.4. The second-order valence-electron chi connectivity index (χ2n) is 6.92. The maximum absolute atomic E-state index is 12.8. The Morgan fingerprint density at radius 1 is 1.16 bits per heavy atom. The fourth-order valence-electron chi connectivity index (χ4n) is 3.12. The quantitative estimate of drug-likeness (QED) is 0.456. The molecule has 31 heavy (non-hydrogen) atoms. The predicted molar refractivity (Wildman–Crippen MR) is 108 cm³/mol. The second-order valence-corrected chi connectivity index (χ2v) is 6.92. The van der Waals surface area contributed by atoms with Crippen molar-refractivity contribution < 1.29 is 23.6 Å². The Labute approximate surface area is 177 Å². The molecule has 3 heterocycles. The second kappa shape index (κ2) is 8.69. The Morgan fingerprint density at radius 2 is 1.97 bits per heavy atom. The number of carbonyl (C=O) groups excluding carboxylic acids is 4. The molecule has 160 valence electrons. The fraction of sp³-hybridized carbons (Fsp3) is 0.250. The topological polar surface area (TPSA) is 136 Å². The van der Waals surface area contributed by atoms with Crippen LogP contribution in [0.1, 0.15) is 17.4 Å². The number of benzene rings is 1. The van der Waals surface area contributed by atoms with Crippen LogP contribution in [-0.2, 0) is 9.59 Å². The van der Waals surface area contributed by atoms with Gasteiger partial charge in [-0.3, -0.25) is 9.59 Å². The van der Waals surface area contributed by atoms with Crippen molar-refractivity contribution in [2.45, 2.75) is 12.1 Å². The van der Waals surface area contributed by atoms with Gasteiger partial charge in [0.2, 0.25) is 11.8 Å². The van der Waals surface area contributed by atoms with E-state index in [0.29, 0.717) is 17.9 Å². The number of β-lactam (4-membered cyclic amide) rings is 1. The van der Waals surface area contributed by atoms with Gasteiger partial charge in [0.05, 0.1) is 25.6 Å². The van der Waals surface area contributed by atoms with Crippen molar-refractivity contribution >= 4 is 30.1 Å². The van der Waals surface area contributed by atoms with Gasteiger partial charge in [-0.25, -0.2) is 19.5 Å². The van der Waals surface area contributed by atoms with E-state index in [1.54, 1.807) is 42.5 Å². The van der Waals surface area contributed by atoms with Crippen molar-refractivity contribution in [1.29, 1.82) is 0 Å². The minimum Gasteiger partial charge on any atom is -0.463 e. The first-order valence-electron chi connectivity index (χ1n) is 9.63. The minimum absolute atomic E-state index is 0.105. The van der Waals surface area contributed by atoms with Crippen LogP contribution in [0.25, 0.3) is 0 Å². The third-order valence-corrected chi connectivity index (χ3v) is 4.88. The van der Waals surface area contributed by atoms with E-state index in [9.17, 15) is 19.2 Å². The number of hydrogen-bond donors (Lipinski definition) is 3. The number of carbonyl (C=O) groups is 4. The van der Waals surface area contributed by atoms with Gasteiger partial charge in [0.15, 0.2) is 0 Å². The standard InChI is InChI=1S/C20H20N6O5/c27-17-15(12-21-17)23-18(28)16(13-5-2-1-3-6-13)24-19(29)25-8-9-26(20(25)30)22-11-14-7-4-10-31-14/h1-7,10-11,15-16H,8-9,12H2,(H,21,27)(H,23,28)(H,24,29).